The third-order valence-electron chi connectivity index (χ3n) is 2.75. The zero-order chi connectivity index (χ0) is 13.7. The monoisotopic (exact) mass is 323 g/mol. The van der Waals surface area contributed by atoms with Crippen LogP contribution < -0.4 is 5.32 Å². The lowest BCUT2D eigenvalue weighted by Crippen LogP contribution is -2.09. The van der Waals surface area contributed by atoms with Crippen molar-refractivity contribution in [3.8, 4) is 5.69 Å². The molecule has 0 fully saturated rings. The van der Waals surface area contributed by atoms with Gasteiger partial charge in [0.1, 0.15) is 0 Å². The minimum Gasteiger partial charge on any atom is -0.385 e. The van der Waals surface area contributed by atoms with Gasteiger partial charge in [-0.2, -0.15) is 0 Å². The lowest BCUT2D eigenvalue weighted by molar-refractivity contribution is 0.197. The number of benzene rings is 1. The van der Waals surface area contributed by atoms with Crippen LogP contribution in [0.3, 0.4) is 0 Å². The molecule has 19 heavy (non-hydrogen) atoms. The molecule has 0 saturated carbocycles. The maximum atomic E-state index is 5.04. The van der Waals surface area contributed by atoms with E-state index in [9.17, 15) is 0 Å². The van der Waals surface area contributed by atoms with Crippen molar-refractivity contribution in [3.05, 3.63) is 40.6 Å². The Hall–Kier alpha value is -1.33. The first-order valence-corrected chi connectivity index (χ1v) is 7.05. The molecule has 0 unspecified atom stereocenters. The summed E-state index contributed by atoms with van der Waals surface area (Å²) in [6, 6.07) is 8.11. The molecule has 0 aliphatic heterocycles. The Morgan fingerprint density at radius 3 is 2.89 bits per heavy atom. The van der Waals surface area contributed by atoms with Crippen LogP contribution in [0.1, 0.15) is 12.1 Å². The molecular formula is C14H18BrN3O. The minimum atomic E-state index is 0.752. The number of hydrogen-bond acceptors (Lipinski definition) is 3. The maximum Gasteiger partial charge on any atom is 0.207 e. The molecule has 0 amide bonds. The number of imidazole rings is 1. The second-order valence-electron chi connectivity index (χ2n) is 4.30. The van der Waals surface area contributed by atoms with E-state index in [2.05, 4.69) is 36.9 Å². The normalized spacial score (nSPS) is 10.7. The van der Waals surface area contributed by atoms with Crippen LogP contribution in [0.15, 0.2) is 34.9 Å². The smallest absolute Gasteiger partial charge is 0.207 e. The molecule has 2 aromatic rings. The number of para-hydroxylation sites is 1. The van der Waals surface area contributed by atoms with Gasteiger partial charge in [-0.15, -0.1) is 0 Å². The Bertz CT molecular complexity index is 539. The van der Waals surface area contributed by atoms with Gasteiger partial charge in [-0.1, -0.05) is 12.1 Å². The van der Waals surface area contributed by atoms with Gasteiger partial charge in [-0.3, -0.25) is 4.57 Å². The molecule has 1 aromatic heterocycles. The van der Waals surface area contributed by atoms with Gasteiger partial charge in [-0.25, -0.2) is 4.98 Å². The lowest BCUT2D eigenvalue weighted by atomic mass is 10.3. The van der Waals surface area contributed by atoms with Crippen LogP contribution in [0.2, 0.25) is 0 Å². The van der Waals surface area contributed by atoms with Gasteiger partial charge in [-0.05, 0) is 41.4 Å². The highest BCUT2D eigenvalue weighted by Crippen LogP contribution is 2.24. The van der Waals surface area contributed by atoms with Crippen molar-refractivity contribution in [2.24, 2.45) is 0 Å². The first-order valence-electron chi connectivity index (χ1n) is 6.26. The topological polar surface area (TPSA) is 39.1 Å². The molecule has 4 nitrogen and oxygen atoms in total. The summed E-state index contributed by atoms with van der Waals surface area (Å²) >= 11 is 3.57. The Labute approximate surface area is 121 Å². The second kappa shape index (κ2) is 6.73. The molecule has 0 saturated heterocycles. The van der Waals surface area contributed by atoms with E-state index in [1.807, 2.05) is 31.3 Å². The Kier molecular flexibility index (Phi) is 4.99. The summed E-state index contributed by atoms with van der Waals surface area (Å²) in [4.78, 5) is 4.52. The largest absolute Gasteiger partial charge is 0.385 e. The summed E-state index contributed by atoms with van der Waals surface area (Å²) in [5, 5.41) is 3.35. The predicted molar refractivity (Wildman–Crippen MR) is 81.0 cm³/mol. The molecule has 1 heterocycles. The Morgan fingerprint density at radius 1 is 1.37 bits per heavy atom. The number of nitrogens with zero attached hydrogens (tertiary/aromatic N) is 2. The van der Waals surface area contributed by atoms with Crippen molar-refractivity contribution >= 4 is 21.9 Å². The van der Waals surface area contributed by atoms with E-state index in [-0.39, 0.29) is 0 Å². The van der Waals surface area contributed by atoms with E-state index in [4.69, 9.17) is 4.74 Å². The SMILES string of the molecule is COCCCNc1nc(C)cn1-c1ccccc1Br. The number of anilines is 1. The number of ether oxygens (including phenoxy) is 1. The van der Waals surface area contributed by atoms with Gasteiger partial charge < -0.3 is 10.1 Å². The zero-order valence-corrected chi connectivity index (χ0v) is 12.8. The Morgan fingerprint density at radius 2 is 2.16 bits per heavy atom. The molecule has 2 rings (SSSR count). The van der Waals surface area contributed by atoms with Crippen molar-refractivity contribution in [1.29, 1.82) is 0 Å². The number of rotatable bonds is 6. The van der Waals surface area contributed by atoms with Gasteiger partial charge in [0.15, 0.2) is 0 Å². The number of aryl methyl sites for hydroxylation is 1. The molecule has 0 radical (unpaired) electrons. The highest BCUT2D eigenvalue weighted by Gasteiger charge is 2.09. The van der Waals surface area contributed by atoms with Crippen LogP contribution in [0.5, 0.6) is 0 Å². The van der Waals surface area contributed by atoms with Gasteiger partial charge in [0.25, 0.3) is 0 Å². The maximum absolute atomic E-state index is 5.04. The van der Waals surface area contributed by atoms with Gasteiger partial charge in [0, 0.05) is 30.9 Å². The van der Waals surface area contributed by atoms with Gasteiger partial charge >= 0.3 is 0 Å². The average molecular weight is 324 g/mol. The molecule has 1 aromatic carbocycles. The second-order valence-corrected chi connectivity index (χ2v) is 5.15. The van der Waals surface area contributed by atoms with Crippen molar-refractivity contribution in [1.82, 2.24) is 9.55 Å². The van der Waals surface area contributed by atoms with Gasteiger partial charge in [0.05, 0.1) is 11.4 Å². The van der Waals surface area contributed by atoms with Crippen molar-refractivity contribution in [2.45, 2.75) is 13.3 Å². The fraction of sp³-hybridized carbons (Fsp3) is 0.357. The molecule has 0 atom stereocenters. The average Bonchev–Trinajstić information content (AvgIpc) is 2.76. The fourth-order valence-corrected chi connectivity index (χ4v) is 2.35. The highest BCUT2D eigenvalue weighted by molar-refractivity contribution is 9.10. The zero-order valence-electron chi connectivity index (χ0n) is 11.2. The molecule has 102 valence electrons. The molecule has 0 spiro atoms. The van der Waals surface area contributed by atoms with E-state index >= 15 is 0 Å². The third kappa shape index (κ3) is 3.58. The van der Waals surface area contributed by atoms with E-state index in [1.165, 1.54) is 0 Å². The lowest BCUT2D eigenvalue weighted by Gasteiger charge is -2.11. The highest BCUT2D eigenvalue weighted by atomic mass is 79.9. The van der Waals surface area contributed by atoms with E-state index in [1.54, 1.807) is 7.11 Å². The summed E-state index contributed by atoms with van der Waals surface area (Å²) in [5.41, 5.74) is 2.07. The third-order valence-corrected chi connectivity index (χ3v) is 3.42. The van der Waals surface area contributed by atoms with Crippen LogP contribution in [-0.2, 0) is 4.74 Å². The van der Waals surface area contributed by atoms with Crippen molar-refractivity contribution in [2.75, 3.05) is 25.6 Å². The van der Waals surface area contributed by atoms with Crippen LogP contribution in [-0.4, -0.2) is 29.8 Å². The number of aromatic nitrogens is 2. The van der Waals surface area contributed by atoms with Crippen LogP contribution in [0.25, 0.3) is 5.69 Å². The summed E-state index contributed by atoms with van der Waals surface area (Å²) in [7, 11) is 1.71. The number of hydrogen-bond donors (Lipinski definition) is 1. The Balaban J connectivity index is 2.19. The summed E-state index contributed by atoms with van der Waals surface area (Å²) in [6.07, 6.45) is 2.98. The van der Waals surface area contributed by atoms with E-state index < -0.39 is 0 Å². The molecule has 0 aliphatic carbocycles. The molecule has 0 aliphatic rings. The quantitative estimate of drug-likeness (QED) is 0.828. The summed E-state index contributed by atoms with van der Waals surface area (Å²) < 4.78 is 8.15. The number of halogens is 1. The van der Waals surface area contributed by atoms with Gasteiger partial charge in [0.2, 0.25) is 5.95 Å². The summed E-state index contributed by atoms with van der Waals surface area (Å²) in [5.74, 6) is 0.862. The van der Waals surface area contributed by atoms with Crippen molar-refractivity contribution < 1.29 is 4.74 Å². The van der Waals surface area contributed by atoms with Crippen LogP contribution in [0, 0.1) is 6.92 Å². The molecule has 1 N–H and O–H groups in total. The summed E-state index contributed by atoms with van der Waals surface area (Å²) in [6.45, 7) is 3.59. The van der Waals surface area contributed by atoms with E-state index in [0.717, 1.165) is 41.4 Å². The first kappa shape index (κ1) is 14.1. The molecular weight excluding hydrogens is 306 g/mol. The van der Waals surface area contributed by atoms with Crippen LogP contribution in [0.4, 0.5) is 5.95 Å². The minimum absolute atomic E-state index is 0.752. The first-order chi connectivity index (χ1) is 9.22. The van der Waals surface area contributed by atoms with E-state index in [0.29, 0.717) is 0 Å². The number of nitrogens with one attached hydrogen (secondary N) is 1. The predicted octanol–water partition coefficient (Wildman–Crippen LogP) is 3.39. The fourth-order valence-electron chi connectivity index (χ4n) is 1.87. The number of methoxy groups -OCH3 is 1. The standard InChI is InChI=1S/C14H18BrN3O/c1-11-10-18(13-7-4-3-6-12(13)15)14(17-11)16-8-5-9-19-2/h3-4,6-7,10H,5,8-9H2,1-2H3,(H,16,17). The molecule has 5 heteroatoms. The molecule has 0 bridgehead atoms. The van der Waals surface area contributed by atoms with Crippen LogP contribution >= 0.6 is 15.9 Å². The van der Waals surface area contributed by atoms with Crippen molar-refractivity contribution in [3.63, 3.8) is 0 Å².